The predicted octanol–water partition coefficient (Wildman–Crippen LogP) is 1.42. The highest BCUT2D eigenvalue weighted by Gasteiger charge is 2.34. The molecule has 0 amide bonds. The van der Waals surface area contributed by atoms with Gasteiger partial charge in [-0.15, -0.1) is 6.42 Å². The van der Waals surface area contributed by atoms with E-state index in [1.807, 2.05) is 0 Å². The molecule has 0 bridgehead atoms. The summed E-state index contributed by atoms with van der Waals surface area (Å²) in [6.07, 6.45) is 0.505. The van der Waals surface area contributed by atoms with Crippen LogP contribution in [0.3, 0.4) is 0 Å². The summed E-state index contributed by atoms with van der Waals surface area (Å²) in [5, 5.41) is 3.20. The van der Waals surface area contributed by atoms with Gasteiger partial charge in [0.2, 0.25) is 0 Å². The first-order valence-electron chi connectivity index (χ1n) is 3.03. The van der Waals surface area contributed by atoms with Gasteiger partial charge in [-0.2, -0.15) is 18.3 Å². The maximum atomic E-state index is 12.0. The van der Waals surface area contributed by atoms with E-state index in [0.717, 1.165) is 10.7 Å². The Hall–Kier alpha value is -1.44. The molecule has 0 aromatic carbocycles. The van der Waals surface area contributed by atoms with Crippen molar-refractivity contribution in [3.05, 3.63) is 17.5 Å². The zero-order valence-electron chi connectivity index (χ0n) is 6.18. The lowest BCUT2D eigenvalue weighted by atomic mass is 10.3. The summed E-state index contributed by atoms with van der Waals surface area (Å²) >= 11 is 0. The molecule has 1 aromatic heterocycles. The number of halogens is 3. The van der Waals surface area contributed by atoms with E-state index in [2.05, 4.69) is 11.0 Å². The molecule has 1 aromatic rings. The van der Waals surface area contributed by atoms with Crippen molar-refractivity contribution >= 4 is 0 Å². The normalized spacial score (nSPS) is 11.2. The third-order valence-corrected chi connectivity index (χ3v) is 1.32. The van der Waals surface area contributed by atoms with Crippen LogP contribution in [0.1, 0.15) is 11.4 Å². The first kappa shape index (κ1) is 8.65. The Kier molecular flexibility index (Phi) is 1.84. The average Bonchev–Trinajstić information content (AvgIpc) is 2.29. The fourth-order valence-electron chi connectivity index (χ4n) is 0.741. The lowest BCUT2D eigenvalue weighted by Gasteiger charge is -1.98. The van der Waals surface area contributed by atoms with E-state index >= 15 is 0 Å². The van der Waals surface area contributed by atoms with Gasteiger partial charge in [-0.05, 0) is 0 Å². The van der Waals surface area contributed by atoms with Crippen LogP contribution in [-0.4, -0.2) is 9.78 Å². The molecule has 0 fully saturated rings. The van der Waals surface area contributed by atoms with Crippen LogP contribution < -0.4 is 0 Å². The molecule has 0 radical (unpaired) electrons. The Bertz CT molecular complexity index is 329. The molecule has 0 atom stereocenters. The fraction of sp³-hybridized carbons (Fsp3) is 0.286. The molecule has 0 saturated heterocycles. The minimum atomic E-state index is -4.42. The average molecular weight is 174 g/mol. The molecule has 1 heterocycles. The number of hydrogen-bond acceptors (Lipinski definition) is 1. The van der Waals surface area contributed by atoms with Crippen LogP contribution in [0.25, 0.3) is 0 Å². The molecule has 0 unspecified atom stereocenters. The zero-order chi connectivity index (χ0) is 9.35. The van der Waals surface area contributed by atoms with Crippen LogP contribution in [-0.2, 0) is 13.2 Å². The van der Waals surface area contributed by atoms with Gasteiger partial charge in [0.15, 0.2) is 5.69 Å². The van der Waals surface area contributed by atoms with Gasteiger partial charge in [-0.1, -0.05) is 5.92 Å². The highest BCUT2D eigenvalue weighted by atomic mass is 19.4. The van der Waals surface area contributed by atoms with Crippen LogP contribution in [0.5, 0.6) is 0 Å². The maximum absolute atomic E-state index is 12.0. The monoisotopic (exact) mass is 174 g/mol. The standard InChI is InChI=1S/C7H5F3N2/c1-3-5-4-6(7(8,9)10)11-12(5)2/h1,4H,2H3. The second-order valence-electron chi connectivity index (χ2n) is 2.18. The summed E-state index contributed by atoms with van der Waals surface area (Å²) < 4.78 is 36.9. The highest BCUT2D eigenvalue weighted by Crippen LogP contribution is 2.27. The second-order valence-corrected chi connectivity index (χ2v) is 2.18. The molecule has 0 aliphatic heterocycles. The summed E-state index contributed by atoms with van der Waals surface area (Å²) in [6.45, 7) is 0. The number of hydrogen-bond donors (Lipinski definition) is 0. The highest BCUT2D eigenvalue weighted by molar-refractivity contribution is 5.27. The predicted molar refractivity (Wildman–Crippen MR) is 36.1 cm³/mol. The first-order chi connectivity index (χ1) is 5.45. The fourth-order valence-corrected chi connectivity index (χ4v) is 0.741. The van der Waals surface area contributed by atoms with Crippen molar-refractivity contribution in [1.29, 1.82) is 0 Å². The SMILES string of the molecule is C#Cc1cc(C(F)(F)F)nn1C. The number of nitrogens with zero attached hydrogens (tertiary/aromatic N) is 2. The van der Waals surface area contributed by atoms with E-state index < -0.39 is 11.9 Å². The van der Waals surface area contributed by atoms with E-state index in [1.54, 1.807) is 0 Å². The van der Waals surface area contributed by atoms with Gasteiger partial charge in [0.05, 0.1) is 0 Å². The van der Waals surface area contributed by atoms with Crippen LogP contribution in [0, 0.1) is 12.3 Å². The molecule has 0 spiro atoms. The molecule has 1 rings (SSSR count). The van der Waals surface area contributed by atoms with E-state index in [0.29, 0.717) is 0 Å². The summed E-state index contributed by atoms with van der Waals surface area (Å²) in [4.78, 5) is 0. The number of rotatable bonds is 0. The topological polar surface area (TPSA) is 17.8 Å². The van der Waals surface area contributed by atoms with Crippen molar-refractivity contribution in [2.75, 3.05) is 0 Å². The van der Waals surface area contributed by atoms with E-state index in [-0.39, 0.29) is 5.69 Å². The van der Waals surface area contributed by atoms with Gasteiger partial charge < -0.3 is 0 Å². The minimum absolute atomic E-state index is 0.113. The van der Waals surface area contributed by atoms with Crippen molar-refractivity contribution in [2.45, 2.75) is 6.18 Å². The molecule has 64 valence electrons. The molecule has 2 nitrogen and oxygen atoms in total. The molecule has 0 saturated carbocycles. The van der Waals surface area contributed by atoms with Gasteiger partial charge in [-0.3, -0.25) is 4.68 Å². The lowest BCUT2D eigenvalue weighted by molar-refractivity contribution is -0.141. The Labute approximate surface area is 67.0 Å². The smallest absolute Gasteiger partial charge is 0.259 e. The molecular weight excluding hydrogens is 169 g/mol. The lowest BCUT2D eigenvalue weighted by Crippen LogP contribution is -2.06. The van der Waals surface area contributed by atoms with Crippen LogP contribution in [0.15, 0.2) is 6.07 Å². The van der Waals surface area contributed by atoms with Crippen molar-refractivity contribution < 1.29 is 13.2 Å². The number of terminal acetylenes is 1. The van der Waals surface area contributed by atoms with Crippen LogP contribution >= 0.6 is 0 Å². The van der Waals surface area contributed by atoms with Gasteiger partial charge in [0, 0.05) is 13.1 Å². The number of alkyl halides is 3. The van der Waals surface area contributed by atoms with Crippen molar-refractivity contribution in [2.24, 2.45) is 7.05 Å². The first-order valence-corrected chi connectivity index (χ1v) is 3.03. The Morgan fingerprint density at radius 2 is 2.17 bits per heavy atom. The van der Waals surface area contributed by atoms with E-state index in [1.165, 1.54) is 7.05 Å². The molecule has 0 N–H and O–H groups in total. The van der Waals surface area contributed by atoms with Crippen LogP contribution in [0.4, 0.5) is 13.2 Å². The maximum Gasteiger partial charge on any atom is 0.435 e. The zero-order valence-corrected chi connectivity index (χ0v) is 6.18. The van der Waals surface area contributed by atoms with E-state index in [4.69, 9.17) is 6.42 Å². The van der Waals surface area contributed by atoms with E-state index in [9.17, 15) is 13.2 Å². The summed E-state index contributed by atoms with van der Waals surface area (Å²) in [6, 6.07) is 0.833. The van der Waals surface area contributed by atoms with Crippen molar-refractivity contribution in [3.63, 3.8) is 0 Å². The van der Waals surface area contributed by atoms with Gasteiger partial charge in [-0.25, -0.2) is 0 Å². The summed E-state index contributed by atoms with van der Waals surface area (Å²) in [5.41, 5.74) is -0.847. The van der Waals surface area contributed by atoms with Crippen LogP contribution in [0.2, 0.25) is 0 Å². The minimum Gasteiger partial charge on any atom is -0.259 e. The van der Waals surface area contributed by atoms with Gasteiger partial charge in [0.1, 0.15) is 5.69 Å². The Balaban J connectivity index is 3.16. The van der Waals surface area contributed by atoms with Gasteiger partial charge in [0.25, 0.3) is 0 Å². The Morgan fingerprint density at radius 1 is 1.58 bits per heavy atom. The quantitative estimate of drug-likeness (QED) is 0.544. The third-order valence-electron chi connectivity index (χ3n) is 1.32. The van der Waals surface area contributed by atoms with Crippen molar-refractivity contribution in [3.8, 4) is 12.3 Å². The molecule has 12 heavy (non-hydrogen) atoms. The third kappa shape index (κ3) is 1.42. The number of aromatic nitrogens is 2. The van der Waals surface area contributed by atoms with Crippen molar-refractivity contribution in [1.82, 2.24) is 9.78 Å². The number of aryl methyl sites for hydroxylation is 1. The second kappa shape index (κ2) is 2.55. The summed E-state index contributed by atoms with van der Waals surface area (Å²) in [7, 11) is 1.37. The Morgan fingerprint density at radius 3 is 2.42 bits per heavy atom. The largest absolute Gasteiger partial charge is 0.435 e. The molecule has 5 heteroatoms. The summed E-state index contributed by atoms with van der Waals surface area (Å²) in [5.74, 6) is 2.09. The van der Waals surface area contributed by atoms with Gasteiger partial charge >= 0.3 is 6.18 Å². The molecular formula is C7H5F3N2. The molecule has 0 aliphatic rings. The molecule has 0 aliphatic carbocycles.